The van der Waals surface area contributed by atoms with Gasteiger partial charge >= 0.3 is 0 Å². The van der Waals surface area contributed by atoms with E-state index in [-0.39, 0.29) is 12.0 Å². The standard InChI is InChI=1S/C19H21BrN2O4/c1-12(2)26-16-8-6-5-7-14(16)19(23)22-21-11-13-9-15(20)18(25-4)10-17(13)24-3/h5-12H,1-4H3,(H,22,23)/b21-11+. The predicted molar refractivity (Wildman–Crippen MR) is 105 cm³/mol. The number of amides is 1. The fourth-order valence-corrected chi connectivity index (χ4v) is 2.74. The molecule has 6 nitrogen and oxygen atoms in total. The lowest BCUT2D eigenvalue weighted by Gasteiger charge is -2.13. The summed E-state index contributed by atoms with van der Waals surface area (Å²) < 4.78 is 17.0. The molecule has 0 radical (unpaired) electrons. The summed E-state index contributed by atoms with van der Waals surface area (Å²) in [4.78, 5) is 12.4. The van der Waals surface area contributed by atoms with Gasteiger partial charge in [0.15, 0.2) is 0 Å². The molecule has 0 aliphatic heterocycles. The zero-order valence-electron chi connectivity index (χ0n) is 15.1. The first kappa shape index (κ1) is 19.8. The lowest BCUT2D eigenvalue weighted by atomic mass is 10.2. The van der Waals surface area contributed by atoms with Crippen molar-refractivity contribution >= 4 is 28.1 Å². The molecule has 0 fully saturated rings. The van der Waals surface area contributed by atoms with Crippen LogP contribution in [0, 0.1) is 0 Å². The maximum absolute atomic E-state index is 12.4. The lowest BCUT2D eigenvalue weighted by Crippen LogP contribution is -2.19. The topological polar surface area (TPSA) is 69.2 Å². The Morgan fingerprint density at radius 1 is 1.12 bits per heavy atom. The van der Waals surface area contributed by atoms with Crippen LogP contribution in [0.25, 0.3) is 0 Å². The highest BCUT2D eigenvalue weighted by Gasteiger charge is 2.13. The number of hydrazone groups is 1. The van der Waals surface area contributed by atoms with E-state index < -0.39 is 0 Å². The quantitative estimate of drug-likeness (QED) is 0.542. The van der Waals surface area contributed by atoms with Crippen molar-refractivity contribution in [3.8, 4) is 17.2 Å². The van der Waals surface area contributed by atoms with Crippen LogP contribution in [0.2, 0.25) is 0 Å². The van der Waals surface area contributed by atoms with Crippen LogP contribution in [0.15, 0.2) is 46.0 Å². The third-order valence-electron chi connectivity index (χ3n) is 3.37. The van der Waals surface area contributed by atoms with E-state index in [1.165, 1.54) is 6.21 Å². The van der Waals surface area contributed by atoms with Crippen molar-refractivity contribution in [2.45, 2.75) is 20.0 Å². The van der Waals surface area contributed by atoms with E-state index in [4.69, 9.17) is 14.2 Å². The molecule has 0 spiro atoms. The molecule has 2 rings (SSSR count). The summed E-state index contributed by atoms with van der Waals surface area (Å²) in [7, 11) is 3.13. The molecule has 2 aromatic carbocycles. The van der Waals surface area contributed by atoms with Gasteiger partial charge in [0.25, 0.3) is 5.91 Å². The molecule has 0 atom stereocenters. The summed E-state index contributed by atoms with van der Waals surface area (Å²) in [5, 5.41) is 4.02. The molecule has 0 saturated carbocycles. The van der Waals surface area contributed by atoms with Gasteiger partial charge in [-0.25, -0.2) is 5.43 Å². The van der Waals surface area contributed by atoms with Crippen LogP contribution in [0.1, 0.15) is 29.8 Å². The average molecular weight is 421 g/mol. The molecular formula is C19H21BrN2O4. The van der Waals surface area contributed by atoms with Gasteiger partial charge in [-0.15, -0.1) is 0 Å². The Hall–Kier alpha value is -2.54. The number of nitrogens with one attached hydrogen (secondary N) is 1. The molecule has 0 bridgehead atoms. The maximum atomic E-state index is 12.4. The van der Waals surface area contributed by atoms with Gasteiger partial charge in [-0.3, -0.25) is 4.79 Å². The van der Waals surface area contributed by atoms with Crippen LogP contribution < -0.4 is 19.6 Å². The number of halogens is 1. The van der Waals surface area contributed by atoms with E-state index >= 15 is 0 Å². The normalized spacial score (nSPS) is 10.8. The van der Waals surface area contributed by atoms with Crippen molar-refractivity contribution in [3.63, 3.8) is 0 Å². The maximum Gasteiger partial charge on any atom is 0.275 e. The van der Waals surface area contributed by atoms with Gasteiger partial charge in [-0.2, -0.15) is 5.10 Å². The number of carbonyl (C=O) groups is 1. The van der Waals surface area contributed by atoms with Gasteiger partial charge in [0.05, 0.1) is 36.6 Å². The minimum absolute atomic E-state index is 0.0339. The number of hydrogen-bond acceptors (Lipinski definition) is 5. The molecular weight excluding hydrogens is 400 g/mol. The number of para-hydroxylation sites is 1. The van der Waals surface area contributed by atoms with Gasteiger partial charge in [-0.05, 0) is 48.0 Å². The lowest BCUT2D eigenvalue weighted by molar-refractivity contribution is 0.0949. The Labute approximate surface area is 161 Å². The number of nitrogens with zero attached hydrogens (tertiary/aromatic N) is 1. The van der Waals surface area contributed by atoms with Crippen LogP contribution in [0.4, 0.5) is 0 Å². The molecule has 0 saturated heterocycles. The molecule has 0 heterocycles. The number of ether oxygens (including phenoxy) is 3. The highest BCUT2D eigenvalue weighted by Crippen LogP contribution is 2.31. The second kappa shape index (κ2) is 9.24. The van der Waals surface area contributed by atoms with Gasteiger partial charge in [0.1, 0.15) is 17.2 Å². The van der Waals surface area contributed by atoms with Crippen molar-refractivity contribution in [1.29, 1.82) is 0 Å². The molecule has 0 aliphatic carbocycles. The molecule has 2 aromatic rings. The van der Waals surface area contributed by atoms with E-state index in [9.17, 15) is 4.79 Å². The van der Waals surface area contributed by atoms with E-state index in [0.29, 0.717) is 28.4 Å². The molecule has 138 valence electrons. The zero-order valence-corrected chi connectivity index (χ0v) is 16.7. The fraction of sp³-hybridized carbons (Fsp3) is 0.263. The number of hydrogen-bond donors (Lipinski definition) is 1. The van der Waals surface area contributed by atoms with Crippen LogP contribution >= 0.6 is 15.9 Å². The van der Waals surface area contributed by atoms with Crippen LogP contribution in [-0.2, 0) is 0 Å². The van der Waals surface area contributed by atoms with Gasteiger partial charge in [0, 0.05) is 11.6 Å². The smallest absolute Gasteiger partial charge is 0.275 e. The molecule has 7 heteroatoms. The van der Waals surface area contributed by atoms with Crippen molar-refractivity contribution in [2.24, 2.45) is 5.10 Å². The first-order valence-corrected chi connectivity index (χ1v) is 8.76. The SMILES string of the molecule is COc1cc(OC)c(/C=N/NC(=O)c2ccccc2OC(C)C)cc1Br. The van der Waals surface area contributed by atoms with Crippen molar-refractivity contribution < 1.29 is 19.0 Å². The summed E-state index contributed by atoms with van der Waals surface area (Å²) in [6.07, 6.45) is 1.47. The predicted octanol–water partition coefficient (Wildman–Crippen LogP) is 4.02. The molecule has 1 amide bonds. The number of methoxy groups -OCH3 is 2. The van der Waals surface area contributed by atoms with Crippen LogP contribution in [-0.4, -0.2) is 32.4 Å². The van der Waals surface area contributed by atoms with E-state index in [2.05, 4.69) is 26.5 Å². The third-order valence-corrected chi connectivity index (χ3v) is 3.99. The Kier molecular flexibility index (Phi) is 7.03. The second-order valence-electron chi connectivity index (χ2n) is 5.59. The van der Waals surface area contributed by atoms with E-state index in [1.807, 2.05) is 19.9 Å². The Balaban J connectivity index is 2.16. The van der Waals surface area contributed by atoms with E-state index in [0.717, 1.165) is 4.47 Å². The van der Waals surface area contributed by atoms with Crippen LogP contribution in [0.5, 0.6) is 17.2 Å². The number of rotatable bonds is 7. The minimum Gasteiger partial charge on any atom is -0.496 e. The zero-order chi connectivity index (χ0) is 19.1. The third kappa shape index (κ3) is 4.98. The summed E-state index contributed by atoms with van der Waals surface area (Å²) in [5.74, 6) is 1.37. The van der Waals surface area contributed by atoms with Crippen LogP contribution in [0.3, 0.4) is 0 Å². The number of benzene rings is 2. The Morgan fingerprint density at radius 3 is 2.46 bits per heavy atom. The molecule has 0 aromatic heterocycles. The summed E-state index contributed by atoms with van der Waals surface area (Å²) >= 11 is 3.41. The van der Waals surface area contributed by atoms with Crippen molar-refractivity contribution in [1.82, 2.24) is 5.43 Å². The van der Waals surface area contributed by atoms with E-state index in [1.54, 1.807) is 44.6 Å². The first-order chi connectivity index (χ1) is 12.5. The van der Waals surface area contributed by atoms with Crippen molar-refractivity contribution in [3.05, 3.63) is 52.0 Å². The Morgan fingerprint density at radius 2 is 1.81 bits per heavy atom. The van der Waals surface area contributed by atoms with Gasteiger partial charge in [0.2, 0.25) is 0 Å². The summed E-state index contributed by atoms with van der Waals surface area (Å²) in [6, 6.07) is 10.6. The first-order valence-electron chi connectivity index (χ1n) is 7.96. The minimum atomic E-state index is -0.357. The van der Waals surface area contributed by atoms with Gasteiger partial charge in [-0.1, -0.05) is 12.1 Å². The molecule has 26 heavy (non-hydrogen) atoms. The molecule has 0 aliphatic rings. The molecule has 1 N–H and O–H groups in total. The highest BCUT2D eigenvalue weighted by molar-refractivity contribution is 9.10. The van der Waals surface area contributed by atoms with Crippen molar-refractivity contribution in [2.75, 3.05) is 14.2 Å². The molecule has 0 unspecified atom stereocenters. The fourth-order valence-electron chi connectivity index (χ4n) is 2.22. The largest absolute Gasteiger partial charge is 0.496 e. The monoisotopic (exact) mass is 420 g/mol. The van der Waals surface area contributed by atoms with Gasteiger partial charge < -0.3 is 14.2 Å². The average Bonchev–Trinajstić information content (AvgIpc) is 2.61. The summed E-state index contributed by atoms with van der Waals surface area (Å²) in [6.45, 7) is 3.81. The number of carbonyl (C=O) groups excluding carboxylic acids is 1. The summed E-state index contributed by atoms with van der Waals surface area (Å²) in [5.41, 5.74) is 3.61. The Bertz CT molecular complexity index is 806. The second-order valence-corrected chi connectivity index (χ2v) is 6.44. The highest BCUT2D eigenvalue weighted by atomic mass is 79.9.